The fourth-order valence-electron chi connectivity index (χ4n) is 6.40. The van der Waals surface area contributed by atoms with E-state index in [0.717, 1.165) is 73.6 Å². The SMILES string of the molecule is O=C1CCC(N2Cc3cc(O[C@H]4CCN(Cc5ccc6nc([C@H]7CCOC7)ccc6c5)C4)ccc3C2=O)C(=O)N1. The van der Waals surface area contributed by atoms with Crippen LogP contribution in [-0.4, -0.2) is 71.0 Å². The molecular formula is C31H32N4O5. The fourth-order valence-corrected chi connectivity index (χ4v) is 6.40. The average Bonchev–Trinajstić information content (AvgIpc) is 3.70. The predicted molar refractivity (Wildman–Crippen MR) is 147 cm³/mol. The maximum absolute atomic E-state index is 13.0. The Kier molecular flexibility index (Phi) is 6.48. The van der Waals surface area contributed by atoms with Crippen LogP contribution in [-0.2, 0) is 27.4 Å². The molecule has 1 unspecified atom stereocenters. The highest BCUT2D eigenvalue weighted by Crippen LogP contribution is 2.31. The van der Waals surface area contributed by atoms with Crippen LogP contribution in [0.5, 0.6) is 5.75 Å². The van der Waals surface area contributed by atoms with Crippen LogP contribution in [0.3, 0.4) is 0 Å². The molecule has 1 aromatic heterocycles. The summed E-state index contributed by atoms with van der Waals surface area (Å²) in [7, 11) is 0. The van der Waals surface area contributed by atoms with Gasteiger partial charge in [-0.15, -0.1) is 0 Å². The highest BCUT2D eigenvalue weighted by molar-refractivity contribution is 6.05. The highest BCUT2D eigenvalue weighted by atomic mass is 16.5. The van der Waals surface area contributed by atoms with Crippen molar-refractivity contribution in [1.29, 1.82) is 0 Å². The van der Waals surface area contributed by atoms with Gasteiger partial charge in [0, 0.05) is 61.8 Å². The first-order chi connectivity index (χ1) is 19.5. The van der Waals surface area contributed by atoms with Crippen molar-refractivity contribution in [3.05, 3.63) is 70.9 Å². The van der Waals surface area contributed by atoms with Crippen LogP contribution in [0.1, 0.15) is 58.8 Å². The summed E-state index contributed by atoms with van der Waals surface area (Å²) in [5, 5.41) is 3.51. The number of aromatic nitrogens is 1. The second-order valence-electron chi connectivity index (χ2n) is 11.3. The normalized spacial score (nSPS) is 25.1. The molecule has 0 saturated carbocycles. The Labute approximate surface area is 232 Å². The van der Waals surface area contributed by atoms with Crippen molar-refractivity contribution in [2.75, 3.05) is 26.3 Å². The molecule has 3 saturated heterocycles. The topological polar surface area (TPSA) is 101 Å². The van der Waals surface area contributed by atoms with E-state index >= 15 is 0 Å². The third-order valence-electron chi connectivity index (χ3n) is 8.56. The lowest BCUT2D eigenvalue weighted by molar-refractivity contribution is -0.136. The van der Waals surface area contributed by atoms with Crippen molar-refractivity contribution in [3.63, 3.8) is 0 Å². The molecule has 1 N–H and O–H groups in total. The molecule has 206 valence electrons. The minimum absolute atomic E-state index is 0.0692. The van der Waals surface area contributed by atoms with Gasteiger partial charge in [-0.05, 0) is 66.8 Å². The zero-order valence-corrected chi connectivity index (χ0v) is 22.3. The fraction of sp³-hybridized carbons (Fsp3) is 0.419. The summed E-state index contributed by atoms with van der Waals surface area (Å²) in [5.74, 6) is 0.294. The number of benzene rings is 2. The Balaban J connectivity index is 0.965. The van der Waals surface area contributed by atoms with Gasteiger partial charge in [0.1, 0.15) is 17.9 Å². The van der Waals surface area contributed by atoms with Crippen molar-refractivity contribution < 1.29 is 23.9 Å². The molecule has 4 aliphatic rings. The quantitative estimate of drug-likeness (QED) is 0.480. The van der Waals surface area contributed by atoms with Crippen LogP contribution < -0.4 is 10.1 Å². The Hall–Kier alpha value is -3.82. The van der Waals surface area contributed by atoms with E-state index in [1.807, 2.05) is 12.1 Å². The molecule has 3 fully saturated rings. The Bertz CT molecular complexity index is 1500. The summed E-state index contributed by atoms with van der Waals surface area (Å²) in [6.45, 7) is 4.57. The van der Waals surface area contributed by atoms with Crippen molar-refractivity contribution in [3.8, 4) is 5.75 Å². The number of ether oxygens (including phenoxy) is 2. The molecule has 3 atom stereocenters. The number of imide groups is 1. The van der Waals surface area contributed by atoms with Gasteiger partial charge < -0.3 is 14.4 Å². The molecule has 2 aromatic carbocycles. The summed E-state index contributed by atoms with van der Waals surface area (Å²) in [6, 6.07) is 15.8. The van der Waals surface area contributed by atoms with Crippen molar-refractivity contribution >= 4 is 28.6 Å². The number of hydrogen-bond acceptors (Lipinski definition) is 7. The Morgan fingerprint density at radius 2 is 1.95 bits per heavy atom. The predicted octanol–water partition coefficient (Wildman–Crippen LogP) is 3.15. The van der Waals surface area contributed by atoms with Crippen molar-refractivity contribution in [2.45, 2.75) is 56.8 Å². The molecule has 0 radical (unpaired) electrons. The smallest absolute Gasteiger partial charge is 0.255 e. The number of piperidine rings is 1. The van der Waals surface area contributed by atoms with E-state index in [1.54, 1.807) is 11.0 Å². The van der Waals surface area contributed by atoms with Crippen LogP contribution >= 0.6 is 0 Å². The Morgan fingerprint density at radius 1 is 1.02 bits per heavy atom. The zero-order valence-electron chi connectivity index (χ0n) is 22.3. The summed E-state index contributed by atoms with van der Waals surface area (Å²) < 4.78 is 11.9. The third kappa shape index (κ3) is 4.84. The number of carbonyl (C=O) groups excluding carboxylic acids is 3. The molecule has 3 aromatic rings. The first-order valence-corrected chi connectivity index (χ1v) is 14.1. The van der Waals surface area contributed by atoms with Crippen LogP contribution in [0, 0.1) is 0 Å². The van der Waals surface area contributed by atoms with Gasteiger partial charge in [0.2, 0.25) is 11.8 Å². The standard InChI is InChI=1S/C31H32N4O5/c36-29-8-7-28(30(37)33-29)35-16-22-14-23(3-4-25(22)31(35)38)40-24-9-11-34(17-24)15-19-1-5-26-20(13-19)2-6-27(32-26)21-10-12-39-18-21/h1-6,13-14,21,24,28H,7-12,15-18H2,(H,33,36,37)/t21-,24-,28?/m0/s1. The van der Waals surface area contributed by atoms with Gasteiger partial charge in [0.15, 0.2) is 0 Å². The number of nitrogens with one attached hydrogen (secondary N) is 1. The number of nitrogens with zero attached hydrogens (tertiary/aromatic N) is 3. The maximum Gasteiger partial charge on any atom is 0.255 e. The van der Waals surface area contributed by atoms with Gasteiger partial charge in [0.25, 0.3) is 5.91 Å². The summed E-state index contributed by atoms with van der Waals surface area (Å²) >= 11 is 0. The summed E-state index contributed by atoms with van der Waals surface area (Å²) in [5.41, 5.74) is 4.87. The molecule has 4 aliphatic heterocycles. The lowest BCUT2D eigenvalue weighted by Gasteiger charge is -2.29. The molecule has 0 bridgehead atoms. The molecular weight excluding hydrogens is 508 g/mol. The molecule has 0 spiro atoms. The number of likely N-dealkylation sites (tertiary alicyclic amines) is 1. The number of carbonyl (C=O) groups is 3. The van der Waals surface area contributed by atoms with Crippen LogP contribution in [0.2, 0.25) is 0 Å². The lowest BCUT2D eigenvalue weighted by Crippen LogP contribution is -2.52. The minimum Gasteiger partial charge on any atom is -0.489 e. The van der Waals surface area contributed by atoms with E-state index in [4.69, 9.17) is 14.5 Å². The van der Waals surface area contributed by atoms with E-state index in [2.05, 4.69) is 40.5 Å². The number of amides is 3. The van der Waals surface area contributed by atoms with E-state index in [0.29, 0.717) is 24.4 Å². The van der Waals surface area contributed by atoms with Crippen molar-refractivity contribution in [1.82, 2.24) is 20.1 Å². The highest BCUT2D eigenvalue weighted by Gasteiger charge is 2.39. The monoisotopic (exact) mass is 540 g/mol. The summed E-state index contributed by atoms with van der Waals surface area (Å²) in [4.78, 5) is 45.6. The van der Waals surface area contributed by atoms with E-state index < -0.39 is 11.9 Å². The van der Waals surface area contributed by atoms with Crippen LogP contribution in [0.15, 0.2) is 48.5 Å². The molecule has 5 heterocycles. The van der Waals surface area contributed by atoms with Gasteiger partial charge in [-0.2, -0.15) is 0 Å². The van der Waals surface area contributed by atoms with Crippen LogP contribution in [0.25, 0.3) is 10.9 Å². The molecule has 0 aliphatic carbocycles. The van der Waals surface area contributed by atoms with Gasteiger partial charge in [0.05, 0.1) is 12.1 Å². The average molecular weight is 541 g/mol. The Morgan fingerprint density at radius 3 is 2.80 bits per heavy atom. The molecule has 7 rings (SSSR count). The zero-order chi connectivity index (χ0) is 27.2. The maximum atomic E-state index is 13.0. The number of fused-ring (bicyclic) bond motifs is 2. The van der Waals surface area contributed by atoms with Gasteiger partial charge in [-0.1, -0.05) is 12.1 Å². The van der Waals surface area contributed by atoms with Gasteiger partial charge in [-0.25, -0.2) is 0 Å². The minimum atomic E-state index is -0.611. The van der Waals surface area contributed by atoms with E-state index in [-0.39, 0.29) is 24.3 Å². The second kappa shape index (κ2) is 10.3. The second-order valence-corrected chi connectivity index (χ2v) is 11.3. The first-order valence-electron chi connectivity index (χ1n) is 14.1. The largest absolute Gasteiger partial charge is 0.489 e. The van der Waals surface area contributed by atoms with Gasteiger partial charge >= 0.3 is 0 Å². The number of hydrogen-bond donors (Lipinski definition) is 1. The first kappa shape index (κ1) is 25.2. The molecule has 9 heteroatoms. The van der Waals surface area contributed by atoms with E-state index in [1.165, 1.54) is 5.56 Å². The third-order valence-corrected chi connectivity index (χ3v) is 8.56. The molecule has 3 amide bonds. The lowest BCUT2D eigenvalue weighted by atomic mass is 10.0. The van der Waals surface area contributed by atoms with Gasteiger partial charge in [-0.3, -0.25) is 29.6 Å². The molecule has 40 heavy (non-hydrogen) atoms. The van der Waals surface area contributed by atoms with E-state index in [9.17, 15) is 14.4 Å². The van der Waals surface area contributed by atoms with Crippen molar-refractivity contribution in [2.24, 2.45) is 0 Å². The van der Waals surface area contributed by atoms with Crippen LogP contribution in [0.4, 0.5) is 0 Å². The molecule has 9 nitrogen and oxygen atoms in total. The number of rotatable bonds is 6. The number of pyridine rings is 1. The summed E-state index contributed by atoms with van der Waals surface area (Å²) in [6.07, 6.45) is 2.64.